The highest BCUT2D eigenvalue weighted by atomic mass is 19.1. The zero-order valence-electron chi connectivity index (χ0n) is 16.4. The van der Waals surface area contributed by atoms with Crippen LogP contribution in [0, 0.1) is 5.92 Å². The number of hydrazine groups is 1. The number of methoxy groups -OCH3 is 1. The third-order valence-electron chi connectivity index (χ3n) is 4.34. The van der Waals surface area contributed by atoms with Crippen LogP contribution >= 0.6 is 0 Å². The predicted molar refractivity (Wildman–Crippen MR) is 109 cm³/mol. The average molecular weight is 378 g/mol. The van der Waals surface area contributed by atoms with E-state index in [-0.39, 0.29) is 36.9 Å². The molecule has 0 amide bonds. The van der Waals surface area contributed by atoms with Gasteiger partial charge in [-0.3, -0.25) is 5.84 Å². The van der Waals surface area contributed by atoms with Crippen LogP contribution in [0.3, 0.4) is 0 Å². The topological polar surface area (TPSA) is 79.5 Å². The van der Waals surface area contributed by atoms with Crippen molar-refractivity contribution >= 4 is 0 Å². The van der Waals surface area contributed by atoms with E-state index in [1.165, 1.54) is 6.08 Å². The lowest BCUT2D eigenvalue weighted by Gasteiger charge is -2.26. The molecule has 0 aliphatic heterocycles. The number of allylic oxidation sites excluding steroid dienone is 3. The molecule has 3 atom stereocenters. The molecule has 0 heterocycles. The second kappa shape index (κ2) is 12.3. The number of aliphatic hydroxyl groups is 1. The molecule has 0 saturated carbocycles. The quantitative estimate of drug-likeness (QED) is 0.255. The molecule has 1 rings (SSSR count). The number of benzene rings is 1. The van der Waals surface area contributed by atoms with E-state index >= 15 is 0 Å². The molecule has 0 spiro atoms. The summed E-state index contributed by atoms with van der Waals surface area (Å²) in [6.07, 6.45) is 6.19. The van der Waals surface area contributed by atoms with E-state index in [2.05, 4.69) is 17.3 Å². The molecule has 0 bridgehead atoms. The number of aliphatic hydroxyl groups excluding tert-OH is 1. The molecule has 6 heteroatoms. The van der Waals surface area contributed by atoms with Crippen molar-refractivity contribution in [3.05, 3.63) is 66.2 Å². The van der Waals surface area contributed by atoms with Gasteiger partial charge in [0.25, 0.3) is 0 Å². The van der Waals surface area contributed by atoms with E-state index < -0.39 is 0 Å². The fourth-order valence-corrected chi connectivity index (χ4v) is 2.82. The molecule has 0 radical (unpaired) electrons. The van der Waals surface area contributed by atoms with Crippen LogP contribution in [0.1, 0.15) is 38.3 Å². The Balaban J connectivity index is 2.90. The maximum atomic E-state index is 14.0. The summed E-state index contributed by atoms with van der Waals surface area (Å²) in [6.45, 7) is 7.38. The fraction of sp³-hybridized carbons (Fsp3) is 0.429. The maximum Gasteiger partial charge on any atom is 0.119 e. The molecule has 0 saturated heterocycles. The first-order valence-corrected chi connectivity index (χ1v) is 9.08. The van der Waals surface area contributed by atoms with E-state index in [1.807, 2.05) is 37.3 Å². The van der Waals surface area contributed by atoms with Gasteiger partial charge >= 0.3 is 0 Å². The van der Waals surface area contributed by atoms with Crippen LogP contribution in [0.2, 0.25) is 0 Å². The second-order valence-electron chi connectivity index (χ2n) is 6.56. The zero-order chi connectivity index (χ0) is 20.2. The number of hydrogen-bond acceptors (Lipinski definition) is 5. The van der Waals surface area contributed by atoms with Gasteiger partial charge in [-0.05, 0) is 43.0 Å². The predicted octanol–water partition coefficient (Wildman–Crippen LogP) is 3.51. The molecule has 1 aromatic rings. The molecule has 0 aromatic heterocycles. The van der Waals surface area contributed by atoms with Gasteiger partial charge in [0.15, 0.2) is 0 Å². The van der Waals surface area contributed by atoms with Gasteiger partial charge in [0, 0.05) is 18.2 Å². The van der Waals surface area contributed by atoms with Crippen molar-refractivity contribution in [2.24, 2.45) is 11.8 Å². The average Bonchev–Trinajstić information content (AvgIpc) is 2.69. The molecule has 0 aliphatic rings. The largest absolute Gasteiger partial charge is 0.497 e. The highest BCUT2D eigenvalue weighted by Gasteiger charge is 2.20. The van der Waals surface area contributed by atoms with E-state index in [9.17, 15) is 9.50 Å². The third kappa shape index (κ3) is 8.39. The monoisotopic (exact) mass is 377 g/mol. The molecular formula is C21H32FN3O2. The minimum absolute atomic E-state index is 0.0980. The van der Waals surface area contributed by atoms with Crippen molar-refractivity contribution in [3.63, 3.8) is 0 Å². The summed E-state index contributed by atoms with van der Waals surface area (Å²) in [5, 5.41) is 13.3. The van der Waals surface area contributed by atoms with Crippen molar-refractivity contribution in [1.82, 2.24) is 10.7 Å². The smallest absolute Gasteiger partial charge is 0.119 e. The Morgan fingerprint density at radius 3 is 2.78 bits per heavy atom. The first-order valence-electron chi connectivity index (χ1n) is 9.08. The summed E-state index contributed by atoms with van der Waals surface area (Å²) in [5.41, 5.74) is 3.98. The van der Waals surface area contributed by atoms with Crippen LogP contribution in [-0.2, 0) is 0 Å². The molecule has 2 unspecified atom stereocenters. The van der Waals surface area contributed by atoms with Crippen molar-refractivity contribution < 1.29 is 14.2 Å². The number of ether oxygens (including phenoxy) is 1. The Hall–Kier alpha value is -2.15. The van der Waals surface area contributed by atoms with Gasteiger partial charge in [-0.1, -0.05) is 37.8 Å². The number of hydrogen-bond donors (Lipinski definition) is 4. The van der Waals surface area contributed by atoms with Gasteiger partial charge in [0.05, 0.1) is 25.6 Å². The first-order chi connectivity index (χ1) is 12.9. The Labute approximate surface area is 161 Å². The number of rotatable bonds is 12. The minimum atomic E-state index is -0.313. The van der Waals surface area contributed by atoms with Gasteiger partial charge in [0.1, 0.15) is 5.75 Å². The summed E-state index contributed by atoms with van der Waals surface area (Å²) in [7, 11) is 1.60. The van der Waals surface area contributed by atoms with Crippen LogP contribution in [-0.4, -0.2) is 24.9 Å². The molecular weight excluding hydrogens is 345 g/mol. The summed E-state index contributed by atoms with van der Waals surface area (Å²) in [5.74, 6) is 6.01. The summed E-state index contributed by atoms with van der Waals surface area (Å²) in [6, 6.07) is 7.04. The molecule has 5 nitrogen and oxygen atoms in total. The van der Waals surface area contributed by atoms with E-state index in [4.69, 9.17) is 10.6 Å². The first kappa shape index (κ1) is 22.9. The summed E-state index contributed by atoms with van der Waals surface area (Å²) < 4.78 is 19.2. The molecule has 5 N–H and O–H groups in total. The highest BCUT2D eigenvalue weighted by molar-refractivity contribution is 5.30. The minimum Gasteiger partial charge on any atom is -0.497 e. The van der Waals surface area contributed by atoms with Gasteiger partial charge in [-0.25, -0.2) is 4.39 Å². The van der Waals surface area contributed by atoms with Crippen LogP contribution in [0.15, 0.2) is 60.6 Å². The lowest BCUT2D eigenvalue weighted by molar-refractivity contribution is 0.224. The van der Waals surface area contributed by atoms with Crippen molar-refractivity contribution in [2.75, 3.05) is 13.7 Å². The van der Waals surface area contributed by atoms with Crippen molar-refractivity contribution in [2.45, 2.75) is 38.8 Å². The number of nitrogens with two attached hydrogens (primary N) is 1. The molecule has 0 fully saturated rings. The van der Waals surface area contributed by atoms with Crippen LogP contribution in [0.25, 0.3) is 0 Å². The second-order valence-corrected chi connectivity index (χ2v) is 6.56. The van der Waals surface area contributed by atoms with Crippen LogP contribution in [0.4, 0.5) is 4.39 Å². The zero-order valence-corrected chi connectivity index (χ0v) is 16.4. The molecule has 0 aliphatic carbocycles. The number of nitrogens with one attached hydrogen (secondary N) is 2. The lowest BCUT2D eigenvalue weighted by Crippen LogP contribution is -2.36. The van der Waals surface area contributed by atoms with Gasteiger partial charge in [-0.15, -0.1) is 0 Å². The van der Waals surface area contributed by atoms with E-state index in [0.717, 1.165) is 5.56 Å². The van der Waals surface area contributed by atoms with Crippen molar-refractivity contribution in [1.29, 1.82) is 0 Å². The normalized spacial score (nSPS) is 15.4. The Morgan fingerprint density at radius 2 is 2.19 bits per heavy atom. The standard InChI is InChI=1S/C21H32FN3O2/c1-5-18(22)13-19(11-15(2)9-10-16(3)25-23)24-21(14-26)17-7-6-8-20(12-17)27-4/h5-10,12,15,19,21,24-26H,3,11,13-14,23H2,1-2,4H3/b10-9-,18-5+/t15?,19-,21?/m0/s1. The number of halogens is 1. The SMILES string of the molecule is C=C(/C=C\C(C)C[C@@H](C/C(F)=C\C)NC(CO)c1cccc(OC)c1)NN. The fourth-order valence-electron chi connectivity index (χ4n) is 2.82. The Kier molecular flexibility index (Phi) is 10.4. The van der Waals surface area contributed by atoms with Gasteiger partial charge in [0.2, 0.25) is 0 Å². The summed E-state index contributed by atoms with van der Waals surface area (Å²) >= 11 is 0. The molecule has 150 valence electrons. The Morgan fingerprint density at radius 1 is 1.44 bits per heavy atom. The van der Waals surface area contributed by atoms with Gasteiger partial charge in [-0.2, -0.15) is 0 Å². The van der Waals surface area contributed by atoms with Crippen molar-refractivity contribution in [3.8, 4) is 5.75 Å². The summed E-state index contributed by atoms with van der Waals surface area (Å²) in [4.78, 5) is 0. The highest BCUT2D eigenvalue weighted by Crippen LogP contribution is 2.23. The van der Waals surface area contributed by atoms with E-state index in [1.54, 1.807) is 20.1 Å². The third-order valence-corrected chi connectivity index (χ3v) is 4.34. The Bertz CT molecular complexity index is 646. The molecule has 27 heavy (non-hydrogen) atoms. The van der Waals surface area contributed by atoms with Gasteiger partial charge < -0.3 is 20.6 Å². The van der Waals surface area contributed by atoms with E-state index in [0.29, 0.717) is 17.9 Å². The molecule has 1 aromatic carbocycles. The van der Waals surface area contributed by atoms with Crippen LogP contribution in [0.5, 0.6) is 5.75 Å². The maximum absolute atomic E-state index is 14.0. The van der Waals surface area contributed by atoms with Crippen LogP contribution < -0.4 is 21.3 Å². The lowest BCUT2D eigenvalue weighted by atomic mass is 9.96.